The molecule has 0 aliphatic heterocycles. The van der Waals surface area contributed by atoms with Crippen LogP contribution in [-0.4, -0.2) is 30.5 Å². The lowest BCUT2D eigenvalue weighted by atomic mass is 9.74. The zero-order chi connectivity index (χ0) is 14.8. The molecule has 0 spiro atoms. The van der Waals surface area contributed by atoms with Gasteiger partial charge in [-0.1, -0.05) is 6.08 Å². The Morgan fingerprint density at radius 3 is 2.80 bits per heavy atom. The number of nitrogens with zero attached hydrogens (tertiary/aromatic N) is 1. The molecule has 2 rings (SSSR count). The molecule has 1 heterocycles. The molecule has 0 saturated carbocycles. The summed E-state index contributed by atoms with van der Waals surface area (Å²) in [5.74, 6) is -0.961. The number of ether oxygens (including phenoxy) is 1. The molecule has 1 aromatic rings. The van der Waals surface area contributed by atoms with Crippen LogP contribution in [0.15, 0.2) is 18.3 Å². The van der Waals surface area contributed by atoms with Gasteiger partial charge in [0.2, 0.25) is 11.8 Å². The topological polar surface area (TPSA) is 108 Å². The minimum atomic E-state index is -0.805. The summed E-state index contributed by atoms with van der Waals surface area (Å²) in [5, 5.41) is 0. The van der Waals surface area contributed by atoms with E-state index in [2.05, 4.69) is 4.98 Å². The Balaban J connectivity index is 2.38. The highest BCUT2D eigenvalue weighted by molar-refractivity contribution is 5.93. The first-order chi connectivity index (χ1) is 9.48. The van der Waals surface area contributed by atoms with Gasteiger partial charge < -0.3 is 16.2 Å². The van der Waals surface area contributed by atoms with Gasteiger partial charge in [-0.3, -0.25) is 14.6 Å². The van der Waals surface area contributed by atoms with Crippen LogP contribution in [0.1, 0.15) is 28.0 Å². The van der Waals surface area contributed by atoms with Gasteiger partial charge in [-0.2, -0.15) is 0 Å². The Bertz CT molecular complexity index is 583. The van der Waals surface area contributed by atoms with Crippen LogP contribution in [0, 0.1) is 5.41 Å². The van der Waals surface area contributed by atoms with Crippen molar-refractivity contribution in [1.29, 1.82) is 0 Å². The van der Waals surface area contributed by atoms with Crippen LogP contribution >= 0.6 is 0 Å². The van der Waals surface area contributed by atoms with E-state index in [0.29, 0.717) is 25.0 Å². The van der Waals surface area contributed by atoms with E-state index in [4.69, 9.17) is 16.2 Å². The Morgan fingerprint density at radius 2 is 2.20 bits per heavy atom. The predicted molar refractivity (Wildman–Crippen MR) is 73.6 cm³/mol. The number of pyridine rings is 1. The van der Waals surface area contributed by atoms with Crippen molar-refractivity contribution in [2.75, 3.05) is 13.7 Å². The molecule has 106 valence electrons. The summed E-state index contributed by atoms with van der Waals surface area (Å²) >= 11 is 0. The van der Waals surface area contributed by atoms with Crippen LogP contribution in [0.25, 0.3) is 6.08 Å². The minimum absolute atomic E-state index is 0.323. The van der Waals surface area contributed by atoms with Crippen molar-refractivity contribution >= 4 is 17.9 Å². The van der Waals surface area contributed by atoms with Crippen LogP contribution < -0.4 is 11.5 Å². The number of hydrogen-bond acceptors (Lipinski definition) is 4. The standard InChI is InChI=1S/C14H17N3O3/c1-20-5-4-14(13(16)19)3-2-11-9(7-14)6-10(8-17-11)12(15)18/h2-3,6,8H,4-5,7H2,1H3,(H2,15,18)(H2,16,19). The molecule has 4 N–H and O–H groups in total. The monoisotopic (exact) mass is 275 g/mol. The zero-order valence-electron chi connectivity index (χ0n) is 11.3. The fraction of sp³-hybridized carbons (Fsp3) is 0.357. The first-order valence-corrected chi connectivity index (χ1v) is 6.25. The molecule has 1 aliphatic rings. The first kappa shape index (κ1) is 14.2. The number of hydrogen-bond donors (Lipinski definition) is 2. The Kier molecular flexibility index (Phi) is 3.85. The van der Waals surface area contributed by atoms with Crippen LogP contribution in [0.5, 0.6) is 0 Å². The fourth-order valence-electron chi connectivity index (χ4n) is 2.33. The van der Waals surface area contributed by atoms with Gasteiger partial charge >= 0.3 is 0 Å². The fourth-order valence-corrected chi connectivity index (χ4v) is 2.33. The summed E-state index contributed by atoms with van der Waals surface area (Å²) in [4.78, 5) is 27.2. The van der Waals surface area contributed by atoms with Crippen molar-refractivity contribution in [3.8, 4) is 0 Å². The van der Waals surface area contributed by atoms with Gasteiger partial charge in [0, 0.05) is 19.9 Å². The van der Waals surface area contributed by atoms with Gasteiger partial charge in [-0.05, 0) is 30.5 Å². The van der Waals surface area contributed by atoms with E-state index in [1.165, 1.54) is 6.20 Å². The number of amides is 2. The first-order valence-electron chi connectivity index (χ1n) is 6.25. The summed E-state index contributed by atoms with van der Waals surface area (Å²) in [5.41, 5.74) is 11.8. The molecule has 0 radical (unpaired) electrons. The highest BCUT2D eigenvalue weighted by Crippen LogP contribution is 2.35. The summed E-state index contributed by atoms with van der Waals surface area (Å²) in [6.45, 7) is 0.422. The second-order valence-corrected chi connectivity index (χ2v) is 4.91. The normalized spacial score (nSPS) is 20.4. The largest absolute Gasteiger partial charge is 0.385 e. The van der Waals surface area contributed by atoms with Gasteiger partial charge in [0.1, 0.15) is 0 Å². The van der Waals surface area contributed by atoms with Crippen LogP contribution in [0.4, 0.5) is 0 Å². The number of carbonyl (C=O) groups excluding carboxylic acids is 2. The molecule has 0 saturated heterocycles. The van der Waals surface area contributed by atoms with E-state index in [1.807, 2.05) is 0 Å². The van der Waals surface area contributed by atoms with Crippen molar-refractivity contribution in [1.82, 2.24) is 4.98 Å². The van der Waals surface area contributed by atoms with E-state index in [0.717, 1.165) is 11.3 Å². The lowest BCUT2D eigenvalue weighted by Crippen LogP contribution is -2.39. The summed E-state index contributed by atoms with van der Waals surface area (Å²) in [7, 11) is 1.57. The smallest absolute Gasteiger partial charge is 0.250 e. The maximum absolute atomic E-state index is 11.8. The van der Waals surface area contributed by atoms with Crippen LogP contribution in [0.3, 0.4) is 0 Å². The third-order valence-corrected chi connectivity index (χ3v) is 3.60. The third-order valence-electron chi connectivity index (χ3n) is 3.60. The molecule has 1 aromatic heterocycles. The number of carbonyl (C=O) groups is 2. The molecule has 6 heteroatoms. The SMILES string of the molecule is COCCC1(C(N)=O)C=Cc2ncc(C(N)=O)cc2C1. The van der Waals surface area contributed by atoms with Gasteiger partial charge in [0.25, 0.3) is 0 Å². The second kappa shape index (κ2) is 5.42. The number of nitrogens with two attached hydrogens (primary N) is 2. The molecular formula is C14H17N3O3. The van der Waals surface area contributed by atoms with Gasteiger partial charge in [-0.15, -0.1) is 0 Å². The zero-order valence-corrected chi connectivity index (χ0v) is 11.3. The molecule has 1 atom stereocenters. The van der Waals surface area contributed by atoms with Gasteiger partial charge in [-0.25, -0.2) is 0 Å². The van der Waals surface area contributed by atoms with E-state index < -0.39 is 17.2 Å². The Hall–Kier alpha value is -2.21. The molecule has 2 amide bonds. The lowest BCUT2D eigenvalue weighted by molar-refractivity contribution is -0.126. The highest BCUT2D eigenvalue weighted by atomic mass is 16.5. The van der Waals surface area contributed by atoms with Crippen molar-refractivity contribution in [3.05, 3.63) is 35.2 Å². The number of methoxy groups -OCH3 is 1. The lowest BCUT2D eigenvalue weighted by Gasteiger charge is -2.30. The van der Waals surface area contributed by atoms with Crippen molar-refractivity contribution < 1.29 is 14.3 Å². The Morgan fingerprint density at radius 1 is 1.45 bits per heavy atom. The number of primary amides is 2. The van der Waals surface area contributed by atoms with Crippen LogP contribution in [-0.2, 0) is 16.0 Å². The van der Waals surface area contributed by atoms with E-state index in [1.54, 1.807) is 25.3 Å². The van der Waals surface area contributed by atoms with Crippen molar-refractivity contribution in [2.24, 2.45) is 16.9 Å². The summed E-state index contributed by atoms with van der Waals surface area (Å²) < 4.78 is 5.04. The molecular weight excluding hydrogens is 258 g/mol. The maximum Gasteiger partial charge on any atom is 0.250 e. The second-order valence-electron chi connectivity index (χ2n) is 4.91. The molecule has 6 nitrogen and oxygen atoms in total. The molecule has 1 aliphatic carbocycles. The van der Waals surface area contributed by atoms with Crippen molar-refractivity contribution in [3.63, 3.8) is 0 Å². The molecule has 0 aromatic carbocycles. The third kappa shape index (κ3) is 2.55. The molecule has 0 bridgehead atoms. The van der Waals surface area contributed by atoms with E-state index in [9.17, 15) is 9.59 Å². The highest BCUT2D eigenvalue weighted by Gasteiger charge is 2.37. The number of fused-ring (bicyclic) bond motifs is 1. The summed E-state index contributed by atoms with van der Waals surface area (Å²) in [6.07, 6.45) is 5.83. The molecule has 0 fully saturated rings. The molecule has 20 heavy (non-hydrogen) atoms. The van der Waals surface area contributed by atoms with Crippen LogP contribution in [0.2, 0.25) is 0 Å². The summed E-state index contributed by atoms with van der Waals surface area (Å²) in [6, 6.07) is 1.67. The maximum atomic E-state index is 11.8. The van der Waals surface area contributed by atoms with E-state index in [-0.39, 0.29) is 0 Å². The van der Waals surface area contributed by atoms with Gasteiger partial charge in [0.15, 0.2) is 0 Å². The van der Waals surface area contributed by atoms with Crippen molar-refractivity contribution in [2.45, 2.75) is 12.8 Å². The number of aromatic nitrogens is 1. The van der Waals surface area contributed by atoms with Gasteiger partial charge in [0.05, 0.1) is 16.7 Å². The Labute approximate surface area is 116 Å². The predicted octanol–water partition coefficient (Wildman–Crippen LogP) is 0.258. The average molecular weight is 275 g/mol. The minimum Gasteiger partial charge on any atom is -0.385 e. The number of rotatable bonds is 5. The molecule has 1 unspecified atom stereocenters. The average Bonchev–Trinajstić information content (AvgIpc) is 2.43. The van der Waals surface area contributed by atoms with E-state index >= 15 is 0 Å². The quantitative estimate of drug-likeness (QED) is 0.803.